The minimum absolute atomic E-state index is 0.880. The van der Waals surface area contributed by atoms with Crippen LogP contribution in [0.4, 0.5) is 5.95 Å². The number of rotatable bonds is 1. The molecule has 2 rings (SSSR count). The molecule has 0 radical (unpaired) electrons. The van der Waals surface area contributed by atoms with E-state index in [0.29, 0.717) is 0 Å². The van der Waals surface area contributed by atoms with Gasteiger partial charge in [-0.15, -0.1) is 0 Å². The van der Waals surface area contributed by atoms with Crippen LogP contribution in [-0.4, -0.2) is 48.1 Å². The van der Waals surface area contributed by atoms with Crippen molar-refractivity contribution in [2.24, 2.45) is 0 Å². The van der Waals surface area contributed by atoms with Crippen molar-refractivity contribution in [1.29, 1.82) is 0 Å². The van der Waals surface area contributed by atoms with E-state index in [1.807, 2.05) is 19.2 Å². The largest absolute Gasteiger partial charge is 0.339 e. The number of anilines is 1. The number of aromatic nitrogens is 2. The second-order valence-electron chi connectivity index (χ2n) is 4.14. The summed E-state index contributed by atoms with van der Waals surface area (Å²) in [6, 6.07) is 1.94. The lowest BCUT2D eigenvalue weighted by Gasteiger charge is -2.20. The van der Waals surface area contributed by atoms with Crippen LogP contribution in [0.3, 0.4) is 0 Å². The molecular formula is C11H18N4. The van der Waals surface area contributed by atoms with Gasteiger partial charge in [0.05, 0.1) is 0 Å². The summed E-state index contributed by atoms with van der Waals surface area (Å²) in [6.45, 7) is 6.36. The minimum Gasteiger partial charge on any atom is -0.339 e. The molecule has 1 aliphatic rings. The predicted molar refractivity (Wildman–Crippen MR) is 61.1 cm³/mol. The number of hydrogen-bond donors (Lipinski definition) is 0. The van der Waals surface area contributed by atoms with Gasteiger partial charge in [-0.1, -0.05) is 0 Å². The van der Waals surface area contributed by atoms with Gasteiger partial charge in [0.2, 0.25) is 5.95 Å². The molecule has 1 aliphatic heterocycles. The Bertz CT molecular complexity index is 326. The fourth-order valence-electron chi connectivity index (χ4n) is 1.83. The Morgan fingerprint density at radius 1 is 1.20 bits per heavy atom. The quantitative estimate of drug-likeness (QED) is 0.684. The molecule has 0 unspecified atom stereocenters. The molecule has 4 nitrogen and oxygen atoms in total. The summed E-state index contributed by atoms with van der Waals surface area (Å²) in [5, 5.41) is 0. The van der Waals surface area contributed by atoms with Crippen LogP contribution < -0.4 is 4.90 Å². The SMILES string of the molecule is Cc1ccnc(N2CCCN(C)CC2)n1. The molecule has 0 aromatic carbocycles. The molecule has 0 bridgehead atoms. The van der Waals surface area contributed by atoms with Crippen LogP contribution in [0.25, 0.3) is 0 Å². The molecule has 1 aromatic heterocycles. The van der Waals surface area contributed by atoms with E-state index in [-0.39, 0.29) is 0 Å². The van der Waals surface area contributed by atoms with Crippen LogP contribution in [0.15, 0.2) is 12.3 Å². The average Bonchev–Trinajstić information content (AvgIpc) is 2.43. The monoisotopic (exact) mass is 206 g/mol. The van der Waals surface area contributed by atoms with E-state index in [1.165, 1.54) is 13.0 Å². The van der Waals surface area contributed by atoms with Crippen LogP contribution in [-0.2, 0) is 0 Å². The summed E-state index contributed by atoms with van der Waals surface area (Å²) in [5.41, 5.74) is 1.04. The lowest BCUT2D eigenvalue weighted by Crippen LogP contribution is -2.30. The molecule has 0 spiro atoms. The van der Waals surface area contributed by atoms with Gasteiger partial charge >= 0.3 is 0 Å². The van der Waals surface area contributed by atoms with Crippen molar-refractivity contribution in [2.45, 2.75) is 13.3 Å². The molecular weight excluding hydrogens is 188 g/mol. The Balaban J connectivity index is 2.09. The third kappa shape index (κ3) is 2.65. The van der Waals surface area contributed by atoms with Crippen molar-refractivity contribution in [3.05, 3.63) is 18.0 Å². The predicted octanol–water partition coefficient (Wildman–Crippen LogP) is 0.927. The minimum atomic E-state index is 0.880. The van der Waals surface area contributed by atoms with E-state index in [4.69, 9.17) is 0 Å². The lowest BCUT2D eigenvalue weighted by atomic mass is 10.4. The zero-order valence-electron chi connectivity index (χ0n) is 9.48. The maximum Gasteiger partial charge on any atom is 0.225 e. The van der Waals surface area contributed by atoms with Crippen LogP contribution in [0, 0.1) is 6.92 Å². The van der Waals surface area contributed by atoms with E-state index in [2.05, 4.69) is 26.8 Å². The Labute approximate surface area is 90.9 Å². The molecule has 0 amide bonds. The van der Waals surface area contributed by atoms with Crippen LogP contribution >= 0.6 is 0 Å². The van der Waals surface area contributed by atoms with E-state index in [9.17, 15) is 0 Å². The maximum atomic E-state index is 4.46. The molecule has 2 heterocycles. The maximum absolute atomic E-state index is 4.46. The second-order valence-corrected chi connectivity index (χ2v) is 4.14. The number of likely N-dealkylation sites (N-methyl/N-ethyl adjacent to an activating group) is 1. The molecule has 0 aliphatic carbocycles. The van der Waals surface area contributed by atoms with E-state index < -0.39 is 0 Å². The molecule has 1 saturated heterocycles. The van der Waals surface area contributed by atoms with Gasteiger partial charge in [0, 0.05) is 31.5 Å². The summed E-state index contributed by atoms with van der Waals surface area (Å²) in [6.07, 6.45) is 3.03. The van der Waals surface area contributed by atoms with Gasteiger partial charge in [-0.2, -0.15) is 0 Å². The van der Waals surface area contributed by atoms with Gasteiger partial charge in [-0.3, -0.25) is 0 Å². The number of hydrogen-bond acceptors (Lipinski definition) is 4. The molecule has 0 saturated carbocycles. The fraction of sp³-hybridized carbons (Fsp3) is 0.636. The van der Waals surface area contributed by atoms with Gasteiger partial charge in [0.25, 0.3) is 0 Å². The summed E-state index contributed by atoms with van der Waals surface area (Å²) >= 11 is 0. The van der Waals surface area contributed by atoms with Gasteiger partial charge in [-0.05, 0) is 33.0 Å². The molecule has 4 heteroatoms. The van der Waals surface area contributed by atoms with Crippen molar-refractivity contribution in [1.82, 2.24) is 14.9 Å². The average molecular weight is 206 g/mol. The molecule has 1 fully saturated rings. The van der Waals surface area contributed by atoms with Crippen molar-refractivity contribution in [3.8, 4) is 0 Å². The van der Waals surface area contributed by atoms with E-state index in [1.54, 1.807) is 0 Å². The summed E-state index contributed by atoms with van der Waals surface area (Å²) in [7, 11) is 2.17. The first-order valence-corrected chi connectivity index (χ1v) is 5.49. The highest BCUT2D eigenvalue weighted by Crippen LogP contribution is 2.10. The van der Waals surface area contributed by atoms with Crippen molar-refractivity contribution in [2.75, 3.05) is 38.1 Å². The highest BCUT2D eigenvalue weighted by Gasteiger charge is 2.14. The highest BCUT2D eigenvalue weighted by atomic mass is 15.3. The molecule has 0 N–H and O–H groups in total. The van der Waals surface area contributed by atoms with Crippen molar-refractivity contribution in [3.63, 3.8) is 0 Å². The lowest BCUT2D eigenvalue weighted by molar-refractivity contribution is 0.360. The molecule has 15 heavy (non-hydrogen) atoms. The zero-order chi connectivity index (χ0) is 10.7. The second kappa shape index (κ2) is 4.57. The summed E-state index contributed by atoms with van der Waals surface area (Å²) in [5.74, 6) is 0.880. The van der Waals surface area contributed by atoms with Crippen LogP contribution in [0.5, 0.6) is 0 Å². The summed E-state index contributed by atoms with van der Waals surface area (Å²) < 4.78 is 0. The smallest absolute Gasteiger partial charge is 0.225 e. The Kier molecular flexibility index (Phi) is 3.16. The topological polar surface area (TPSA) is 32.3 Å². The van der Waals surface area contributed by atoms with Gasteiger partial charge < -0.3 is 9.80 Å². The van der Waals surface area contributed by atoms with E-state index >= 15 is 0 Å². The third-order valence-corrected chi connectivity index (χ3v) is 2.78. The molecule has 0 atom stereocenters. The zero-order valence-corrected chi connectivity index (χ0v) is 9.48. The number of aryl methyl sites for hydroxylation is 1. The van der Waals surface area contributed by atoms with Gasteiger partial charge in [0.15, 0.2) is 0 Å². The van der Waals surface area contributed by atoms with Gasteiger partial charge in [0.1, 0.15) is 0 Å². The first-order chi connectivity index (χ1) is 7.25. The first-order valence-electron chi connectivity index (χ1n) is 5.49. The Morgan fingerprint density at radius 3 is 2.87 bits per heavy atom. The number of nitrogens with zero attached hydrogens (tertiary/aromatic N) is 4. The molecule has 82 valence electrons. The van der Waals surface area contributed by atoms with E-state index in [0.717, 1.165) is 31.3 Å². The van der Waals surface area contributed by atoms with Crippen LogP contribution in [0.1, 0.15) is 12.1 Å². The fourth-order valence-corrected chi connectivity index (χ4v) is 1.83. The highest BCUT2D eigenvalue weighted by molar-refractivity contribution is 5.30. The van der Waals surface area contributed by atoms with Crippen LogP contribution in [0.2, 0.25) is 0 Å². The third-order valence-electron chi connectivity index (χ3n) is 2.78. The standard InChI is InChI=1S/C11H18N4/c1-10-4-5-12-11(13-10)15-7-3-6-14(2)8-9-15/h4-5H,3,6-9H2,1-2H3. The first kappa shape index (κ1) is 10.4. The summed E-state index contributed by atoms with van der Waals surface area (Å²) in [4.78, 5) is 13.4. The molecule has 1 aromatic rings. The van der Waals surface area contributed by atoms with Crippen molar-refractivity contribution >= 4 is 5.95 Å². The van der Waals surface area contributed by atoms with Crippen molar-refractivity contribution < 1.29 is 0 Å². The Morgan fingerprint density at radius 2 is 2.07 bits per heavy atom. The normalized spacial score (nSPS) is 18.9. The Hall–Kier alpha value is -1.16. The van der Waals surface area contributed by atoms with Gasteiger partial charge in [-0.25, -0.2) is 9.97 Å².